The molecule has 2 saturated heterocycles. The Morgan fingerprint density at radius 1 is 1.21 bits per heavy atom. The monoisotopic (exact) mass is 268 g/mol. The van der Waals surface area contributed by atoms with E-state index in [9.17, 15) is 4.79 Å². The third kappa shape index (κ3) is 3.46. The number of nitrogens with zero attached hydrogens (tertiary/aromatic N) is 1. The molecule has 0 aromatic rings. The number of carbonyl (C=O) groups excluding carboxylic acids is 1. The summed E-state index contributed by atoms with van der Waals surface area (Å²) in [5.74, 6) is 0.134. The summed E-state index contributed by atoms with van der Waals surface area (Å²) in [6.07, 6.45) is 5.62. The highest BCUT2D eigenvalue weighted by Gasteiger charge is 2.38. The van der Waals surface area contributed by atoms with Gasteiger partial charge in [0.15, 0.2) is 6.10 Å². The van der Waals surface area contributed by atoms with Gasteiger partial charge in [-0.3, -0.25) is 4.79 Å². The Hall–Kier alpha value is -0.650. The lowest BCUT2D eigenvalue weighted by molar-refractivity contribution is -0.159. The van der Waals surface area contributed by atoms with E-state index in [1.165, 1.54) is 19.3 Å². The molecule has 2 atom stereocenters. The van der Waals surface area contributed by atoms with Crippen LogP contribution in [0.15, 0.2) is 0 Å². The summed E-state index contributed by atoms with van der Waals surface area (Å²) in [5.41, 5.74) is 0. The maximum absolute atomic E-state index is 12.5. The summed E-state index contributed by atoms with van der Waals surface area (Å²) in [6, 6.07) is 0.907. The van der Waals surface area contributed by atoms with Crippen molar-refractivity contribution in [3.63, 3.8) is 0 Å². The molecule has 1 N–H and O–H groups in total. The maximum Gasteiger partial charge on any atom is 0.254 e. The van der Waals surface area contributed by atoms with E-state index in [4.69, 9.17) is 9.47 Å². The first kappa shape index (κ1) is 13.3. The van der Waals surface area contributed by atoms with E-state index in [0.29, 0.717) is 31.9 Å². The Kier molecular flexibility index (Phi) is 4.35. The first-order valence-corrected chi connectivity index (χ1v) is 7.58. The second kappa shape index (κ2) is 6.20. The summed E-state index contributed by atoms with van der Waals surface area (Å²) < 4.78 is 10.9. The molecule has 3 aliphatic rings. The van der Waals surface area contributed by atoms with Gasteiger partial charge in [0.25, 0.3) is 5.91 Å². The molecule has 0 aromatic carbocycles. The van der Waals surface area contributed by atoms with Crippen molar-refractivity contribution in [2.24, 2.45) is 0 Å². The molecule has 2 unspecified atom stereocenters. The van der Waals surface area contributed by atoms with Crippen LogP contribution < -0.4 is 5.32 Å². The van der Waals surface area contributed by atoms with Gasteiger partial charge in [0.2, 0.25) is 0 Å². The van der Waals surface area contributed by atoms with Gasteiger partial charge in [-0.25, -0.2) is 0 Å². The van der Waals surface area contributed by atoms with Gasteiger partial charge in [-0.15, -0.1) is 0 Å². The third-order valence-corrected chi connectivity index (χ3v) is 4.19. The summed E-state index contributed by atoms with van der Waals surface area (Å²) in [4.78, 5) is 14.6. The Bertz CT molecular complexity index is 308. The summed E-state index contributed by atoms with van der Waals surface area (Å²) in [6.45, 7) is 3.48. The Balaban J connectivity index is 1.57. The fourth-order valence-corrected chi connectivity index (χ4v) is 2.94. The zero-order valence-corrected chi connectivity index (χ0v) is 11.5. The van der Waals surface area contributed by atoms with Crippen LogP contribution in [0.25, 0.3) is 0 Å². The molecular formula is C14H24N2O3. The number of nitrogens with one attached hydrogen (secondary N) is 1. The van der Waals surface area contributed by atoms with Crippen molar-refractivity contribution in [1.29, 1.82) is 0 Å². The van der Waals surface area contributed by atoms with Crippen molar-refractivity contribution in [2.45, 2.75) is 50.3 Å². The van der Waals surface area contributed by atoms with Crippen LogP contribution >= 0.6 is 0 Å². The molecule has 0 spiro atoms. The van der Waals surface area contributed by atoms with E-state index in [2.05, 4.69) is 5.32 Å². The number of carbonyl (C=O) groups is 1. The highest BCUT2D eigenvalue weighted by atomic mass is 16.6. The van der Waals surface area contributed by atoms with E-state index < -0.39 is 0 Å². The third-order valence-electron chi connectivity index (χ3n) is 4.19. The highest BCUT2D eigenvalue weighted by molar-refractivity contribution is 5.81. The van der Waals surface area contributed by atoms with Crippen molar-refractivity contribution in [2.75, 3.05) is 32.9 Å². The number of ether oxygens (including phenoxy) is 2. The number of piperidine rings is 1. The van der Waals surface area contributed by atoms with Crippen LogP contribution in [0.5, 0.6) is 0 Å². The van der Waals surface area contributed by atoms with E-state index in [0.717, 1.165) is 25.9 Å². The summed E-state index contributed by atoms with van der Waals surface area (Å²) in [5, 5.41) is 3.52. The lowest BCUT2D eigenvalue weighted by Crippen LogP contribution is -2.51. The van der Waals surface area contributed by atoms with Crippen molar-refractivity contribution >= 4 is 5.91 Å². The fourth-order valence-electron chi connectivity index (χ4n) is 2.94. The number of hydrogen-bond donors (Lipinski definition) is 1. The van der Waals surface area contributed by atoms with Gasteiger partial charge >= 0.3 is 0 Å². The van der Waals surface area contributed by atoms with Gasteiger partial charge in [0, 0.05) is 18.6 Å². The first-order chi connectivity index (χ1) is 9.34. The standard InChI is InChI=1S/C14H24N2O3/c17-14(13-10-18-7-8-19-13)16(12-4-5-12)9-11-3-1-2-6-15-11/h11-13,15H,1-10H2. The van der Waals surface area contributed by atoms with Crippen LogP contribution in [0.2, 0.25) is 0 Å². The van der Waals surface area contributed by atoms with Gasteiger partial charge in [0.1, 0.15) is 0 Å². The molecule has 5 nitrogen and oxygen atoms in total. The molecule has 3 fully saturated rings. The molecular weight excluding hydrogens is 244 g/mol. The number of amides is 1. The molecule has 3 rings (SSSR count). The van der Waals surface area contributed by atoms with E-state index >= 15 is 0 Å². The fraction of sp³-hybridized carbons (Fsp3) is 0.929. The Morgan fingerprint density at radius 3 is 2.74 bits per heavy atom. The molecule has 1 aliphatic carbocycles. The number of hydrogen-bond acceptors (Lipinski definition) is 4. The van der Waals surface area contributed by atoms with Crippen molar-refractivity contribution in [3.05, 3.63) is 0 Å². The van der Waals surface area contributed by atoms with Gasteiger partial charge < -0.3 is 19.7 Å². The van der Waals surface area contributed by atoms with Crippen molar-refractivity contribution in [3.8, 4) is 0 Å². The van der Waals surface area contributed by atoms with Crippen LogP contribution in [0.4, 0.5) is 0 Å². The van der Waals surface area contributed by atoms with E-state index in [1.54, 1.807) is 0 Å². The molecule has 1 saturated carbocycles. The quantitative estimate of drug-likeness (QED) is 0.808. The Labute approximate surface area is 114 Å². The summed E-state index contributed by atoms with van der Waals surface area (Å²) in [7, 11) is 0. The largest absolute Gasteiger partial charge is 0.376 e. The zero-order chi connectivity index (χ0) is 13.1. The summed E-state index contributed by atoms with van der Waals surface area (Å²) >= 11 is 0. The molecule has 2 aliphatic heterocycles. The van der Waals surface area contributed by atoms with Crippen LogP contribution in [0.1, 0.15) is 32.1 Å². The first-order valence-electron chi connectivity index (χ1n) is 7.58. The van der Waals surface area contributed by atoms with Crippen LogP contribution in [-0.2, 0) is 14.3 Å². The van der Waals surface area contributed by atoms with Gasteiger partial charge in [-0.05, 0) is 32.2 Å². The van der Waals surface area contributed by atoms with Crippen LogP contribution in [-0.4, -0.2) is 61.9 Å². The van der Waals surface area contributed by atoms with Gasteiger partial charge in [-0.2, -0.15) is 0 Å². The van der Waals surface area contributed by atoms with E-state index in [-0.39, 0.29) is 12.0 Å². The SMILES string of the molecule is O=C(C1COCCO1)N(CC1CCCCN1)C1CC1. The second-order valence-corrected chi connectivity index (χ2v) is 5.80. The Morgan fingerprint density at radius 2 is 2.11 bits per heavy atom. The average molecular weight is 268 g/mol. The molecule has 5 heteroatoms. The molecule has 108 valence electrons. The average Bonchev–Trinajstić information content (AvgIpc) is 3.31. The smallest absolute Gasteiger partial charge is 0.254 e. The normalized spacial score (nSPS) is 32.0. The second-order valence-electron chi connectivity index (χ2n) is 5.80. The molecule has 1 amide bonds. The van der Waals surface area contributed by atoms with Crippen molar-refractivity contribution < 1.29 is 14.3 Å². The predicted octanol–water partition coefficient (Wildman–Crippen LogP) is 0.535. The molecule has 19 heavy (non-hydrogen) atoms. The number of rotatable bonds is 4. The minimum atomic E-state index is -0.377. The van der Waals surface area contributed by atoms with Crippen LogP contribution in [0, 0.1) is 0 Å². The predicted molar refractivity (Wildman–Crippen MR) is 70.9 cm³/mol. The minimum absolute atomic E-state index is 0.134. The van der Waals surface area contributed by atoms with Gasteiger partial charge in [0.05, 0.1) is 19.8 Å². The molecule has 2 heterocycles. The van der Waals surface area contributed by atoms with E-state index in [1.807, 2.05) is 4.90 Å². The molecule has 0 bridgehead atoms. The minimum Gasteiger partial charge on any atom is -0.376 e. The topological polar surface area (TPSA) is 50.8 Å². The van der Waals surface area contributed by atoms with Crippen LogP contribution in [0.3, 0.4) is 0 Å². The highest BCUT2D eigenvalue weighted by Crippen LogP contribution is 2.28. The lowest BCUT2D eigenvalue weighted by atomic mass is 10.0. The van der Waals surface area contributed by atoms with Gasteiger partial charge in [-0.1, -0.05) is 6.42 Å². The maximum atomic E-state index is 12.5. The molecule has 0 radical (unpaired) electrons. The molecule has 0 aromatic heterocycles. The lowest BCUT2D eigenvalue weighted by Gasteiger charge is -2.33. The zero-order valence-electron chi connectivity index (χ0n) is 11.5. The van der Waals surface area contributed by atoms with Crippen molar-refractivity contribution in [1.82, 2.24) is 10.2 Å².